The topological polar surface area (TPSA) is 35.6 Å². The second kappa shape index (κ2) is 6.21. The van der Waals surface area contributed by atoms with Crippen LogP contribution in [-0.4, -0.2) is 55.1 Å². The summed E-state index contributed by atoms with van der Waals surface area (Å²) in [4.78, 5) is 16.2. The Hall–Kier alpha value is -0.610. The quantitative estimate of drug-likeness (QED) is 0.732. The predicted molar refractivity (Wildman–Crippen MR) is 66.2 cm³/mol. The normalized spacial score (nSPS) is 23.2. The molecular weight excluding hydrogens is 202 g/mol. The molecular formula is C12H25N3O. The van der Waals surface area contributed by atoms with Crippen LogP contribution in [0.4, 0.5) is 0 Å². The van der Waals surface area contributed by atoms with Crippen LogP contribution in [0.3, 0.4) is 0 Å². The number of amides is 1. The Bertz CT molecular complexity index is 230. The molecule has 1 fully saturated rings. The molecule has 1 rings (SSSR count). The fraction of sp³-hybridized carbons (Fsp3) is 0.917. The molecule has 1 amide bonds. The lowest BCUT2D eigenvalue weighted by atomic mass is 10.1. The van der Waals surface area contributed by atoms with Crippen molar-refractivity contribution in [1.29, 1.82) is 0 Å². The molecule has 2 atom stereocenters. The Kier molecular flexibility index (Phi) is 5.22. The third kappa shape index (κ3) is 3.46. The molecule has 1 N–H and O–H groups in total. The Labute approximate surface area is 99.0 Å². The number of carbonyl (C=O) groups is 1. The van der Waals surface area contributed by atoms with E-state index in [4.69, 9.17) is 0 Å². The number of carbonyl (C=O) groups excluding carboxylic acids is 1. The van der Waals surface area contributed by atoms with Gasteiger partial charge in [0.1, 0.15) is 0 Å². The monoisotopic (exact) mass is 227 g/mol. The van der Waals surface area contributed by atoms with Crippen molar-refractivity contribution in [2.75, 3.05) is 27.3 Å². The van der Waals surface area contributed by atoms with Gasteiger partial charge in [-0.2, -0.15) is 0 Å². The highest BCUT2D eigenvalue weighted by Crippen LogP contribution is 2.14. The number of hydrogen-bond donors (Lipinski definition) is 1. The zero-order chi connectivity index (χ0) is 12.1. The molecule has 0 aromatic heterocycles. The van der Waals surface area contributed by atoms with Gasteiger partial charge in [0.15, 0.2) is 0 Å². The van der Waals surface area contributed by atoms with E-state index < -0.39 is 0 Å². The van der Waals surface area contributed by atoms with Gasteiger partial charge in [-0.15, -0.1) is 0 Å². The molecule has 4 nitrogen and oxygen atoms in total. The van der Waals surface area contributed by atoms with E-state index in [0.717, 1.165) is 32.5 Å². The van der Waals surface area contributed by atoms with Crippen LogP contribution in [0.5, 0.6) is 0 Å². The number of nitrogens with zero attached hydrogens (tertiary/aromatic N) is 2. The van der Waals surface area contributed by atoms with Crippen LogP contribution in [0.1, 0.15) is 33.1 Å². The SMILES string of the molecule is CCCC1NCN(C(C)CCN(C)C)C1=O. The second-order valence-electron chi connectivity index (χ2n) is 4.95. The minimum atomic E-state index is 0.0619. The molecule has 0 aliphatic carbocycles. The average molecular weight is 227 g/mol. The zero-order valence-electron chi connectivity index (χ0n) is 11.0. The molecule has 1 aliphatic heterocycles. The van der Waals surface area contributed by atoms with Crippen LogP contribution in [-0.2, 0) is 4.79 Å². The summed E-state index contributed by atoms with van der Waals surface area (Å²) in [6, 6.07) is 0.399. The summed E-state index contributed by atoms with van der Waals surface area (Å²) in [5, 5.41) is 3.29. The molecule has 94 valence electrons. The van der Waals surface area contributed by atoms with Gasteiger partial charge in [-0.1, -0.05) is 13.3 Å². The van der Waals surface area contributed by atoms with Crippen LogP contribution in [0, 0.1) is 0 Å². The van der Waals surface area contributed by atoms with E-state index in [2.05, 4.69) is 38.2 Å². The first-order valence-electron chi connectivity index (χ1n) is 6.24. The summed E-state index contributed by atoms with van der Waals surface area (Å²) in [7, 11) is 4.13. The predicted octanol–water partition coefficient (Wildman–Crippen LogP) is 0.885. The average Bonchev–Trinajstić information content (AvgIpc) is 2.58. The van der Waals surface area contributed by atoms with Crippen molar-refractivity contribution < 1.29 is 4.79 Å². The summed E-state index contributed by atoms with van der Waals surface area (Å²) < 4.78 is 0. The molecule has 0 aromatic carbocycles. The van der Waals surface area contributed by atoms with E-state index in [9.17, 15) is 4.79 Å². The van der Waals surface area contributed by atoms with Crippen LogP contribution < -0.4 is 5.32 Å². The van der Waals surface area contributed by atoms with E-state index in [-0.39, 0.29) is 11.9 Å². The van der Waals surface area contributed by atoms with Gasteiger partial charge in [-0.25, -0.2) is 0 Å². The molecule has 1 aliphatic rings. The van der Waals surface area contributed by atoms with E-state index in [1.54, 1.807) is 0 Å². The van der Waals surface area contributed by atoms with Crippen molar-refractivity contribution in [2.24, 2.45) is 0 Å². The van der Waals surface area contributed by atoms with Gasteiger partial charge in [-0.3, -0.25) is 10.1 Å². The maximum absolute atomic E-state index is 12.0. The minimum absolute atomic E-state index is 0.0619. The van der Waals surface area contributed by atoms with Crippen LogP contribution in [0.25, 0.3) is 0 Å². The Morgan fingerprint density at radius 1 is 1.56 bits per heavy atom. The first kappa shape index (κ1) is 13.5. The number of hydrogen-bond acceptors (Lipinski definition) is 3. The van der Waals surface area contributed by atoms with Gasteiger partial charge in [-0.05, 0) is 40.4 Å². The zero-order valence-corrected chi connectivity index (χ0v) is 11.0. The second-order valence-corrected chi connectivity index (χ2v) is 4.95. The van der Waals surface area contributed by atoms with Crippen molar-refractivity contribution in [2.45, 2.75) is 45.2 Å². The van der Waals surface area contributed by atoms with Crippen LogP contribution in [0.2, 0.25) is 0 Å². The van der Waals surface area contributed by atoms with E-state index in [1.807, 2.05) is 4.90 Å². The fourth-order valence-electron chi connectivity index (χ4n) is 2.06. The molecule has 0 saturated carbocycles. The first-order chi connectivity index (χ1) is 7.56. The Morgan fingerprint density at radius 3 is 2.81 bits per heavy atom. The van der Waals surface area contributed by atoms with Gasteiger partial charge in [0.2, 0.25) is 5.91 Å². The molecule has 0 spiro atoms. The lowest BCUT2D eigenvalue weighted by Crippen LogP contribution is -2.38. The van der Waals surface area contributed by atoms with E-state index in [0.29, 0.717) is 6.04 Å². The van der Waals surface area contributed by atoms with Gasteiger partial charge < -0.3 is 9.80 Å². The smallest absolute Gasteiger partial charge is 0.241 e. The van der Waals surface area contributed by atoms with E-state index in [1.165, 1.54) is 0 Å². The standard InChI is InChI=1S/C12H25N3O/c1-5-6-11-12(16)15(9-13-11)10(2)7-8-14(3)4/h10-11,13H,5-9H2,1-4H3. The summed E-state index contributed by atoms with van der Waals surface area (Å²) in [5.41, 5.74) is 0. The van der Waals surface area contributed by atoms with Crippen molar-refractivity contribution in [3.63, 3.8) is 0 Å². The van der Waals surface area contributed by atoms with Gasteiger partial charge >= 0.3 is 0 Å². The summed E-state index contributed by atoms with van der Waals surface area (Å²) in [6.45, 7) is 6.01. The lowest BCUT2D eigenvalue weighted by molar-refractivity contribution is -0.130. The fourth-order valence-corrected chi connectivity index (χ4v) is 2.06. The van der Waals surface area contributed by atoms with Crippen LogP contribution in [0.15, 0.2) is 0 Å². The highest BCUT2D eigenvalue weighted by atomic mass is 16.2. The largest absolute Gasteiger partial charge is 0.326 e. The minimum Gasteiger partial charge on any atom is -0.326 e. The lowest BCUT2D eigenvalue weighted by Gasteiger charge is -2.25. The van der Waals surface area contributed by atoms with Gasteiger partial charge in [0, 0.05) is 6.04 Å². The van der Waals surface area contributed by atoms with Gasteiger partial charge in [0.05, 0.1) is 12.7 Å². The van der Waals surface area contributed by atoms with E-state index >= 15 is 0 Å². The van der Waals surface area contributed by atoms with Crippen LogP contribution >= 0.6 is 0 Å². The molecule has 1 heterocycles. The highest BCUT2D eigenvalue weighted by Gasteiger charge is 2.32. The molecule has 2 unspecified atom stereocenters. The molecule has 16 heavy (non-hydrogen) atoms. The van der Waals surface area contributed by atoms with Crippen molar-refractivity contribution in [3.8, 4) is 0 Å². The molecule has 1 saturated heterocycles. The molecule has 4 heteroatoms. The molecule has 0 radical (unpaired) electrons. The summed E-state index contributed by atoms with van der Waals surface area (Å²) in [6.07, 6.45) is 3.05. The van der Waals surface area contributed by atoms with Crippen molar-refractivity contribution in [3.05, 3.63) is 0 Å². The Morgan fingerprint density at radius 2 is 2.25 bits per heavy atom. The van der Waals surface area contributed by atoms with Gasteiger partial charge in [0.25, 0.3) is 0 Å². The third-order valence-corrected chi connectivity index (χ3v) is 3.19. The Balaban J connectivity index is 2.40. The molecule has 0 aromatic rings. The number of nitrogens with one attached hydrogen (secondary N) is 1. The van der Waals surface area contributed by atoms with Crippen molar-refractivity contribution >= 4 is 5.91 Å². The summed E-state index contributed by atoms with van der Waals surface area (Å²) in [5.74, 6) is 0.285. The third-order valence-electron chi connectivity index (χ3n) is 3.19. The maximum atomic E-state index is 12.0. The molecule has 0 bridgehead atoms. The highest BCUT2D eigenvalue weighted by molar-refractivity contribution is 5.83. The maximum Gasteiger partial charge on any atom is 0.241 e. The van der Waals surface area contributed by atoms with Crippen molar-refractivity contribution in [1.82, 2.24) is 15.1 Å². The summed E-state index contributed by atoms with van der Waals surface area (Å²) >= 11 is 0. The number of rotatable bonds is 6. The first-order valence-corrected chi connectivity index (χ1v) is 6.24.